The first kappa shape index (κ1) is 22.8. The molecule has 1 amide bonds. The maximum absolute atomic E-state index is 13.5. The number of aromatic nitrogens is 6. The predicted molar refractivity (Wildman–Crippen MR) is 132 cm³/mol. The first-order valence-electron chi connectivity index (χ1n) is 11.1. The number of pyridine rings is 1. The highest BCUT2D eigenvalue weighted by atomic mass is 16.5. The fraction of sp³-hybridized carbons (Fsp3) is 0.115. The lowest BCUT2D eigenvalue weighted by Gasteiger charge is -2.11. The molecule has 3 heterocycles. The lowest BCUT2D eigenvalue weighted by atomic mass is 10.1. The molecule has 0 aliphatic heterocycles. The molecule has 1 N–H and O–H groups in total. The molecule has 0 aliphatic carbocycles. The van der Waals surface area contributed by atoms with Crippen LogP contribution in [0.2, 0.25) is 0 Å². The molecule has 180 valence electrons. The maximum atomic E-state index is 13.5. The average Bonchev–Trinajstić information content (AvgIpc) is 3.63. The van der Waals surface area contributed by atoms with Gasteiger partial charge in [0.05, 0.1) is 25.5 Å². The summed E-state index contributed by atoms with van der Waals surface area (Å²) in [5, 5.41) is 11.9. The Bertz CT molecular complexity index is 1480. The van der Waals surface area contributed by atoms with Gasteiger partial charge in [0.2, 0.25) is 0 Å². The number of benzene rings is 2. The second-order valence-corrected chi connectivity index (χ2v) is 7.75. The quantitative estimate of drug-likeness (QED) is 0.361. The zero-order chi connectivity index (χ0) is 24.9. The molecule has 10 heteroatoms. The molecule has 0 saturated heterocycles. The lowest BCUT2D eigenvalue weighted by Crippen LogP contribution is -2.24. The third-order valence-electron chi connectivity index (χ3n) is 5.59. The molecule has 0 aliphatic rings. The van der Waals surface area contributed by atoms with Crippen molar-refractivity contribution >= 4 is 5.91 Å². The van der Waals surface area contributed by atoms with Crippen LogP contribution in [0.5, 0.6) is 11.5 Å². The van der Waals surface area contributed by atoms with Crippen molar-refractivity contribution < 1.29 is 14.3 Å². The van der Waals surface area contributed by atoms with Crippen LogP contribution in [0, 0.1) is 0 Å². The minimum absolute atomic E-state index is 0.234. The molecule has 0 fully saturated rings. The first-order valence-corrected chi connectivity index (χ1v) is 11.1. The summed E-state index contributed by atoms with van der Waals surface area (Å²) < 4.78 is 14.2. The minimum atomic E-state index is -0.293. The van der Waals surface area contributed by atoms with Crippen molar-refractivity contribution in [1.82, 2.24) is 34.8 Å². The van der Waals surface area contributed by atoms with E-state index in [2.05, 4.69) is 20.4 Å². The number of hydrogen-bond donors (Lipinski definition) is 1. The van der Waals surface area contributed by atoms with Gasteiger partial charge in [0.25, 0.3) is 5.91 Å². The number of methoxy groups -OCH3 is 2. The zero-order valence-electron chi connectivity index (χ0n) is 19.7. The van der Waals surface area contributed by atoms with E-state index in [1.54, 1.807) is 54.4 Å². The molecule has 3 aromatic heterocycles. The Hall–Kier alpha value is -4.99. The summed E-state index contributed by atoms with van der Waals surface area (Å²) in [5.74, 6) is 1.48. The Morgan fingerprint density at radius 1 is 1.00 bits per heavy atom. The van der Waals surface area contributed by atoms with Crippen LogP contribution in [-0.2, 0) is 6.54 Å². The highest BCUT2D eigenvalue weighted by Gasteiger charge is 2.22. The fourth-order valence-corrected chi connectivity index (χ4v) is 3.81. The number of amides is 1. The Labute approximate surface area is 207 Å². The van der Waals surface area contributed by atoms with E-state index in [1.807, 2.05) is 48.5 Å². The second-order valence-electron chi connectivity index (χ2n) is 7.75. The van der Waals surface area contributed by atoms with Crippen molar-refractivity contribution in [2.24, 2.45) is 0 Å². The molecule has 2 aromatic carbocycles. The van der Waals surface area contributed by atoms with Crippen LogP contribution < -0.4 is 14.8 Å². The van der Waals surface area contributed by atoms with Crippen LogP contribution >= 0.6 is 0 Å². The summed E-state index contributed by atoms with van der Waals surface area (Å²) in [4.78, 5) is 21.9. The summed E-state index contributed by atoms with van der Waals surface area (Å²) in [6.45, 7) is 0.234. The molecular weight excluding hydrogens is 458 g/mol. The van der Waals surface area contributed by atoms with E-state index in [4.69, 9.17) is 14.6 Å². The van der Waals surface area contributed by atoms with E-state index in [0.717, 1.165) is 11.3 Å². The molecule has 0 unspecified atom stereocenters. The molecule has 36 heavy (non-hydrogen) atoms. The topological polar surface area (TPSA) is 109 Å². The first-order chi connectivity index (χ1) is 17.7. The Kier molecular flexibility index (Phi) is 6.39. The predicted octanol–water partition coefficient (Wildman–Crippen LogP) is 3.46. The minimum Gasteiger partial charge on any atom is -0.497 e. The Morgan fingerprint density at radius 3 is 2.61 bits per heavy atom. The molecule has 0 radical (unpaired) electrons. The monoisotopic (exact) mass is 481 g/mol. The van der Waals surface area contributed by atoms with Gasteiger partial charge in [-0.15, -0.1) is 0 Å². The van der Waals surface area contributed by atoms with Crippen LogP contribution in [0.15, 0.2) is 85.7 Å². The summed E-state index contributed by atoms with van der Waals surface area (Å²) in [6, 6.07) is 18.7. The van der Waals surface area contributed by atoms with Crippen molar-refractivity contribution in [3.63, 3.8) is 0 Å². The highest BCUT2D eigenvalue weighted by molar-refractivity contribution is 6.00. The Morgan fingerprint density at radius 2 is 1.86 bits per heavy atom. The van der Waals surface area contributed by atoms with Gasteiger partial charge in [-0.25, -0.2) is 19.3 Å². The van der Waals surface area contributed by atoms with E-state index < -0.39 is 0 Å². The summed E-state index contributed by atoms with van der Waals surface area (Å²) in [7, 11) is 3.16. The number of rotatable bonds is 8. The van der Waals surface area contributed by atoms with Crippen LogP contribution in [0.3, 0.4) is 0 Å². The van der Waals surface area contributed by atoms with E-state index in [-0.39, 0.29) is 12.5 Å². The standard InChI is InChI=1S/C26H23N7O3/c1-35-20-10-11-21(23(13-20)36-2)24-22(15-32(31-24)19-8-4-3-5-9-19)26(34)29-14-18-7-6-12-28-25(18)33-17-27-16-30-33/h3-13,15-17H,14H2,1-2H3,(H,29,34). The number of hydrogen-bond acceptors (Lipinski definition) is 7. The zero-order valence-corrected chi connectivity index (χ0v) is 19.7. The maximum Gasteiger partial charge on any atom is 0.255 e. The SMILES string of the molecule is COc1ccc(-c2nn(-c3ccccc3)cc2C(=O)NCc2cccnc2-n2cncn2)c(OC)c1. The van der Waals surface area contributed by atoms with Gasteiger partial charge >= 0.3 is 0 Å². The number of nitrogens with one attached hydrogen (secondary N) is 1. The molecule has 0 saturated carbocycles. The van der Waals surface area contributed by atoms with Crippen LogP contribution in [-0.4, -0.2) is 49.7 Å². The fourth-order valence-electron chi connectivity index (χ4n) is 3.81. The molecule has 0 bridgehead atoms. The van der Waals surface area contributed by atoms with Crippen LogP contribution in [0.4, 0.5) is 0 Å². The number of nitrogens with zero attached hydrogens (tertiary/aromatic N) is 6. The van der Waals surface area contributed by atoms with Gasteiger partial charge in [0, 0.05) is 36.1 Å². The molecule has 5 rings (SSSR count). The van der Waals surface area contributed by atoms with Crippen molar-refractivity contribution in [3.8, 4) is 34.3 Å². The van der Waals surface area contributed by atoms with Gasteiger partial charge in [-0.05, 0) is 30.3 Å². The number of carbonyl (C=O) groups is 1. The largest absolute Gasteiger partial charge is 0.497 e. The van der Waals surface area contributed by atoms with E-state index in [0.29, 0.717) is 34.1 Å². The van der Waals surface area contributed by atoms with E-state index >= 15 is 0 Å². The summed E-state index contributed by atoms with van der Waals surface area (Å²) in [5.41, 5.74) is 3.16. The highest BCUT2D eigenvalue weighted by Crippen LogP contribution is 2.35. The number of ether oxygens (including phenoxy) is 2. The molecule has 10 nitrogen and oxygen atoms in total. The molecule has 5 aromatic rings. The van der Waals surface area contributed by atoms with Crippen molar-refractivity contribution in [3.05, 3.63) is 96.8 Å². The van der Waals surface area contributed by atoms with Crippen LogP contribution in [0.25, 0.3) is 22.8 Å². The lowest BCUT2D eigenvalue weighted by molar-refractivity contribution is 0.0951. The molecule has 0 spiro atoms. The summed E-state index contributed by atoms with van der Waals surface area (Å²) in [6.07, 6.45) is 6.38. The van der Waals surface area contributed by atoms with E-state index in [9.17, 15) is 4.79 Å². The van der Waals surface area contributed by atoms with Gasteiger partial charge in [-0.2, -0.15) is 10.2 Å². The van der Waals surface area contributed by atoms with Crippen LogP contribution in [0.1, 0.15) is 15.9 Å². The average molecular weight is 482 g/mol. The van der Waals surface area contributed by atoms with Gasteiger partial charge in [-0.1, -0.05) is 24.3 Å². The van der Waals surface area contributed by atoms with Gasteiger partial charge in [-0.3, -0.25) is 4.79 Å². The van der Waals surface area contributed by atoms with Gasteiger partial charge in [0.1, 0.15) is 29.8 Å². The van der Waals surface area contributed by atoms with Crippen molar-refractivity contribution in [2.45, 2.75) is 6.54 Å². The third kappa shape index (κ3) is 4.51. The molecular formula is C26H23N7O3. The second kappa shape index (κ2) is 10.1. The smallest absolute Gasteiger partial charge is 0.255 e. The van der Waals surface area contributed by atoms with Crippen molar-refractivity contribution in [2.75, 3.05) is 14.2 Å². The summed E-state index contributed by atoms with van der Waals surface area (Å²) >= 11 is 0. The van der Waals surface area contributed by atoms with Crippen molar-refractivity contribution in [1.29, 1.82) is 0 Å². The molecule has 0 atom stereocenters. The third-order valence-corrected chi connectivity index (χ3v) is 5.59. The van der Waals surface area contributed by atoms with E-state index in [1.165, 1.54) is 6.33 Å². The normalized spacial score (nSPS) is 10.7. The number of carbonyl (C=O) groups excluding carboxylic acids is 1. The Balaban J connectivity index is 1.51. The van der Waals surface area contributed by atoms with Gasteiger partial charge < -0.3 is 14.8 Å². The van der Waals surface area contributed by atoms with Gasteiger partial charge in [0.15, 0.2) is 5.82 Å². The number of para-hydroxylation sites is 1.